The van der Waals surface area contributed by atoms with E-state index in [2.05, 4.69) is 5.32 Å². The number of nitrogens with one attached hydrogen (secondary N) is 1. The molecule has 0 bridgehead atoms. The summed E-state index contributed by atoms with van der Waals surface area (Å²) >= 11 is 0. The molecule has 2 aromatic carbocycles. The molecule has 0 saturated carbocycles. The Bertz CT molecular complexity index is 1080. The molecule has 1 aromatic heterocycles. The van der Waals surface area contributed by atoms with E-state index in [-0.39, 0.29) is 18.0 Å². The van der Waals surface area contributed by atoms with E-state index in [1.807, 2.05) is 49.4 Å². The zero-order valence-corrected chi connectivity index (χ0v) is 16.5. The number of hydrogen-bond acceptors (Lipinski definition) is 4. The van der Waals surface area contributed by atoms with Gasteiger partial charge in [0.25, 0.3) is 0 Å². The van der Waals surface area contributed by atoms with Gasteiger partial charge >= 0.3 is 5.69 Å². The number of rotatable bonds is 7. The van der Waals surface area contributed by atoms with Crippen molar-refractivity contribution in [2.75, 3.05) is 13.2 Å². The molecule has 0 saturated heterocycles. The highest BCUT2D eigenvalue weighted by molar-refractivity contribution is 5.78. The molecule has 1 amide bonds. The summed E-state index contributed by atoms with van der Waals surface area (Å²) in [5.41, 5.74) is 2.66. The molecule has 152 valence electrons. The summed E-state index contributed by atoms with van der Waals surface area (Å²) in [6, 6.07) is 13.4. The van der Waals surface area contributed by atoms with Gasteiger partial charge in [0.05, 0.1) is 11.0 Å². The lowest BCUT2D eigenvalue weighted by molar-refractivity contribution is -0.121. The molecular formula is C22H25N3O4. The van der Waals surface area contributed by atoms with Crippen LogP contribution in [0.15, 0.2) is 47.3 Å². The van der Waals surface area contributed by atoms with Crippen LogP contribution < -0.4 is 20.5 Å². The number of aromatic nitrogens is 2. The van der Waals surface area contributed by atoms with Crippen molar-refractivity contribution in [3.8, 4) is 11.5 Å². The van der Waals surface area contributed by atoms with E-state index in [4.69, 9.17) is 9.47 Å². The Morgan fingerprint density at radius 1 is 1.00 bits per heavy atom. The standard InChI is InChI=1S/C22H25N3O4/c1-2-10-24-17-5-3-4-6-18(17)25(22(24)27)11-9-21(26)23-15-16-7-8-19-20(14-16)29-13-12-28-19/h3-8,14H,2,9-13,15H2,1H3,(H,23,26). The van der Waals surface area contributed by atoms with Crippen LogP contribution in [0.4, 0.5) is 0 Å². The first-order valence-electron chi connectivity index (χ1n) is 10.0. The van der Waals surface area contributed by atoms with Crippen LogP contribution in [0.5, 0.6) is 11.5 Å². The van der Waals surface area contributed by atoms with Gasteiger partial charge in [-0.1, -0.05) is 25.1 Å². The van der Waals surface area contributed by atoms with Gasteiger partial charge in [-0.2, -0.15) is 0 Å². The zero-order valence-electron chi connectivity index (χ0n) is 16.5. The van der Waals surface area contributed by atoms with Gasteiger partial charge in [0.2, 0.25) is 5.91 Å². The monoisotopic (exact) mass is 395 g/mol. The van der Waals surface area contributed by atoms with E-state index in [1.54, 1.807) is 9.13 Å². The van der Waals surface area contributed by atoms with Gasteiger partial charge in [0.1, 0.15) is 13.2 Å². The van der Waals surface area contributed by atoms with Gasteiger partial charge in [-0.25, -0.2) is 4.79 Å². The predicted molar refractivity (Wildman–Crippen MR) is 110 cm³/mol. The Morgan fingerprint density at radius 2 is 1.69 bits per heavy atom. The van der Waals surface area contributed by atoms with Crippen molar-refractivity contribution in [1.29, 1.82) is 0 Å². The maximum Gasteiger partial charge on any atom is 0.329 e. The Balaban J connectivity index is 1.40. The third kappa shape index (κ3) is 3.99. The van der Waals surface area contributed by atoms with E-state index in [0.29, 0.717) is 38.6 Å². The summed E-state index contributed by atoms with van der Waals surface area (Å²) in [4.78, 5) is 25.1. The first-order valence-corrected chi connectivity index (χ1v) is 10.0. The Kier molecular flexibility index (Phi) is 5.55. The summed E-state index contributed by atoms with van der Waals surface area (Å²) < 4.78 is 14.6. The van der Waals surface area contributed by atoms with Crippen molar-refractivity contribution in [1.82, 2.24) is 14.5 Å². The minimum absolute atomic E-state index is 0.0623. The number of amides is 1. The first kappa shape index (κ1) is 19.1. The van der Waals surface area contributed by atoms with Gasteiger partial charge in [-0.05, 0) is 36.2 Å². The number of fused-ring (bicyclic) bond motifs is 2. The molecule has 0 fully saturated rings. The van der Waals surface area contributed by atoms with Crippen molar-refractivity contribution in [2.24, 2.45) is 0 Å². The smallest absolute Gasteiger partial charge is 0.329 e. The largest absolute Gasteiger partial charge is 0.486 e. The summed E-state index contributed by atoms with van der Waals surface area (Å²) in [5.74, 6) is 1.34. The lowest BCUT2D eigenvalue weighted by atomic mass is 10.2. The van der Waals surface area contributed by atoms with E-state index in [9.17, 15) is 9.59 Å². The molecule has 1 aliphatic rings. The topological polar surface area (TPSA) is 74.5 Å². The lowest BCUT2D eigenvalue weighted by Crippen LogP contribution is -2.28. The molecular weight excluding hydrogens is 370 g/mol. The number of hydrogen-bond donors (Lipinski definition) is 1. The third-order valence-corrected chi connectivity index (χ3v) is 5.03. The summed E-state index contributed by atoms with van der Waals surface area (Å²) in [6.45, 7) is 4.55. The highest BCUT2D eigenvalue weighted by Crippen LogP contribution is 2.30. The fourth-order valence-corrected chi connectivity index (χ4v) is 3.63. The van der Waals surface area contributed by atoms with Crippen molar-refractivity contribution in [2.45, 2.75) is 39.4 Å². The number of ether oxygens (including phenoxy) is 2. The van der Waals surface area contributed by atoms with Crippen LogP contribution in [-0.4, -0.2) is 28.3 Å². The minimum atomic E-state index is -0.0980. The van der Waals surface area contributed by atoms with Crippen molar-refractivity contribution in [3.63, 3.8) is 0 Å². The lowest BCUT2D eigenvalue weighted by Gasteiger charge is -2.19. The van der Waals surface area contributed by atoms with Crippen LogP contribution in [-0.2, 0) is 24.4 Å². The molecule has 0 radical (unpaired) electrons. The third-order valence-electron chi connectivity index (χ3n) is 5.03. The maximum atomic E-state index is 12.8. The molecule has 29 heavy (non-hydrogen) atoms. The number of benzene rings is 2. The van der Waals surface area contributed by atoms with E-state index < -0.39 is 0 Å². The number of aryl methyl sites for hydroxylation is 2. The SMILES string of the molecule is CCCn1c(=O)n(CCC(=O)NCc2ccc3c(c2)OCCO3)c2ccccc21. The molecule has 1 N–H and O–H groups in total. The first-order chi connectivity index (χ1) is 14.2. The average molecular weight is 395 g/mol. The van der Waals surface area contributed by atoms with E-state index in [0.717, 1.165) is 28.8 Å². The van der Waals surface area contributed by atoms with Crippen molar-refractivity contribution >= 4 is 16.9 Å². The molecule has 4 rings (SSSR count). The Labute approximate surface area is 168 Å². The number of para-hydroxylation sites is 2. The second-order valence-electron chi connectivity index (χ2n) is 7.08. The van der Waals surface area contributed by atoms with Crippen LogP contribution in [0.25, 0.3) is 11.0 Å². The molecule has 2 heterocycles. The molecule has 7 heteroatoms. The molecule has 0 aliphatic carbocycles. The maximum absolute atomic E-state index is 12.8. The second-order valence-corrected chi connectivity index (χ2v) is 7.08. The van der Waals surface area contributed by atoms with Gasteiger partial charge in [-0.3, -0.25) is 13.9 Å². The van der Waals surface area contributed by atoms with Crippen LogP contribution in [0.1, 0.15) is 25.3 Å². The summed E-state index contributed by atoms with van der Waals surface area (Å²) in [6.07, 6.45) is 1.12. The van der Waals surface area contributed by atoms with E-state index in [1.165, 1.54) is 0 Å². The van der Waals surface area contributed by atoms with Crippen molar-refractivity contribution in [3.05, 3.63) is 58.5 Å². The molecule has 0 spiro atoms. The number of nitrogens with zero attached hydrogens (tertiary/aromatic N) is 2. The van der Waals surface area contributed by atoms with Gasteiger partial charge in [0.15, 0.2) is 11.5 Å². The van der Waals surface area contributed by atoms with Crippen molar-refractivity contribution < 1.29 is 14.3 Å². The second kappa shape index (κ2) is 8.43. The average Bonchev–Trinajstić information content (AvgIpc) is 3.02. The number of carbonyl (C=O) groups is 1. The summed E-state index contributed by atoms with van der Waals surface area (Å²) in [5, 5.41) is 2.92. The molecule has 0 atom stereocenters. The van der Waals surface area contributed by atoms with Crippen LogP contribution in [0.2, 0.25) is 0 Å². The summed E-state index contributed by atoms with van der Waals surface area (Å²) in [7, 11) is 0. The van der Waals surface area contributed by atoms with Gasteiger partial charge in [-0.15, -0.1) is 0 Å². The molecule has 7 nitrogen and oxygen atoms in total. The fraction of sp³-hybridized carbons (Fsp3) is 0.364. The zero-order chi connectivity index (χ0) is 20.2. The predicted octanol–water partition coefficient (Wildman–Crippen LogP) is 2.69. The fourth-order valence-electron chi connectivity index (χ4n) is 3.63. The normalized spacial score (nSPS) is 12.9. The Morgan fingerprint density at radius 3 is 2.41 bits per heavy atom. The van der Waals surface area contributed by atoms with Crippen LogP contribution in [0.3, 0.4) is 0 Å². The quantitative estimate of drug-likeness (QED) is 0.668. The Hall–Kier alpha value is -3.22. The molecule has 0 unspecified atom stereocenters. The highest BCUT2D eigenvalue weighted by Gasteiger charge is 2.14. The molecule has 1 aliphatic heterocycles. The number of carbonyl (C=O) groups excluding carboxylic acids is 1. The van der Waals surface area contributed by atoms with Crippen LogP contribution in [0, 0.1) is 0 Å². The minimum Gasteiger partial charge on any atom is -0.486 e. The number of imidazole rings is 1. The van der Waals surface area contributed by atoms with E-state index >= 15 is 0 Å². The van der Waals surface area contributed by atoms with Gasteiger partial charge < -0.3 is 14.8 Å². The van der Waals surface area contributed by atoms with Crippen LogP contribution >= 0.6 is 0 Å². The highest BCUT2D eigenvalue weighted by atomic mass is 16.6. The van der Waals surface area contributed by atoms with Gasteiger partial charge in [0, 0.05) is 26.1 Å². The molecule has 3 aromatic rings.